The number of hydrogen-bond donors (Lipinski definition) is 0. The fourth-order valence-corrected chi connectivity index (χ4v) is 32.2. The fourth-order valence-electron chi connectivity index (χ4n) is 13.4. The summed E-state index contributed by atoms with van der Waals surface area (Å²) in [5, 5.41) is 19.1. The van der Waals surface area contributed by atoms with Crippen LogP contribution in [0.15, 0.2) is 146 Å². The van der Waals surface area contributed by atoms with Crippen molar-refractivity contribution in [1.82, 2.24) is 0 Å². The molecule has 0 saturated carbocycles. The fraction of sp³-hybridized carbons (Fsp3) is 0.400. The Morgan fingerprint density at radius 1 is 0.309 bits per heavy atom. The average molecular weight is 1080 g/mol. The van der Waals surface area contributed by atoms with Crippen LogP contribution in [0.1, 0.15) is 79.1 Å². The van der Waals surface area contributed by atoms with Crippen molar-refractivity contribution in [2.24, 2.45) is 0 Å². The van der Waals surface area contributed by atoms with Gasteiger partial charge < -0.3 is 24.8 Å². The largest absolute Gasteiger partial charge is 2.00 e. The van der Waals surface area contributed by atoms with E-state index >= 15 is 0 Å². The van der Waals surface area contributed by atoms with E-state index in [9.17, 15) is 0 Å². The quantitative estimate of drug-likeness (QED) is 0.0845. The van der Waals surface area contributed by atoms with Crippen molar-refractivity contribution in [1.29, 1.82) is 0 Å². The van der Waals surface area contributed by atoms with Gasteiger partial charge in [-0.3, -0.25) is 0 Å². The van der Waals surface area contributed by atoms with E-state index in [0.717, 1.165) is 0 Å². The van der Waals surface area contributed by atoms with Crippen LogP contribution in [0, 0.1) is 0 Å². The SMILES string of the molecule is CCC[Si]1([c-]2ccc3ccccc32)CCC1.CCC[Si]1([c-]2ccc3ccccc32)CCC1.CCC[Si]1([c-]2ccc3ccccc32)CCC1.CCC[Si]1([c-]2ccc3ccccc32)CCC1.[Cl-].[Cl-].[Ti+2].[Ti+2]. The average Bonchev–Trinajstić information content (AvgIpc) is 4.10. The van der Waals surface area contributed by atoms with Crippen LogP contribution in [0.5, 0.6) is 0 Å². The van der Waals surface area contributed by atoms with Gasteiger partial charge in [0.2, 0.25) is 0 Å². The molecule has 0 aliphatic carbocycles. The molecule has 68 heavy (non-hydrogen) atoms. The Hall–Kier alpha value is -1.80. The van der Waals surface area contributed by atoms with Crippen LogP contribution in [0.3, 0.4) is 0 Å². The van der Waals surface area contributed by atoms with E-state index < -0.39 is 32.3 Å². The Bertz CT molecular complexity index is 2370. The van der Waals surface area contributed by atoms with E-state index in [-0.39, 0.29) is 68.2 Å². The Morgan fingerprint density at radius 2 is 0.500 bits per heavy atom. The minimum atomic E-state index is -1.03. The monoisotopic (exact) mass is 1070 g/mol. The van der Waals surface area contributed by atoms with E-state index in [0.29, 0.717) is 0 Å². The zero-order chi connectivity index (χ0) is 44.0. The number of rotatable bonds is 12. The van der Waals surface area contributed by atoms with Crippen LogP contribution >= 0.6 is 0 Å². The third-order valence-corrected chi connectivity index (χ3v) is 39.8. The second kappa shape index (κ2) is 25.7. The Kier molecular flexibility index (Phi) is 21.6. The normalized spacial score (nSPS) is 17.5. The van der Waals surface area contributed by atoms with Crippen molar-refractivity contribution in [3.63, 3.8) is 0 Å². The van der Waals surface area contributed by atoms with Gasteiger partial charge in [-0.15, -0.1) is 137 Å². The van der Waals surface area contributed by atoms with Gasteiger partial charge in [-0.2, -0.15) is 48.5 Å². The van der Waals surface area contributed by atoms with Crippen LogP contribution in [0.2, 0.25) is 72.5 Å². The van der Waals surface area contributed by atoms with Crippen LogP contribution in [-0.2, 0) is 43.4 Å². The maximum Gasteiger partial charge on any atom is 2.00 e. The van der Waals surface area contributed by atoms with Gasteiger partial charge in [-0.05, 0) is 0 Å². The summed E-state index contributed by atoms with van der Waals surface area (Å²) in [6.45, 7) is 9.38. The van der Waals surface area contributed by atoms with E-state index in [1.807, 2.05) is 0 Å². The van der Waals surface area contributed by atoms with Crippen molar-refractivity contribution in [2.75, 3.05) is 0 Å². The molecule has 8 aromatic carbocycles. The van der Waals surface area contributed by atoms with Crippen molar-refractivity contribution in [3.05, 3.63) is 146 Å². The molecule has 0 spiro atoms. The van der Waals surface area contributed by atoms with E-state index in [4.69, 9.17) is 0 Å². The van der Waals surface area contributed by atoms with Gasteiger partial charge >= 0.3 is 43.4 Å². The van der Waals surface area contributed by atoms with E-state index in [1.54, 1.807) is 42.3 Å². The summed E-state index contributed by atoms with van der Waals surface area (Å²) in [7, 11) is -4.12. The molecule has 0 nitrogen and oxygen atoms in total. The molecular formula is C60H76Cl2Si4Ti2-2. The van der Waals surface area contributed by atoms with Gasteiger partial charge in [0.25, 0.3) is 0 Å². The molecule has 0 radical (unpaired) electrons. The van der Waals surface area contributed by atoms with Gasteiger partial charge in [-0.1, -0.05) is 176 Å². The molecule has 0 N–H and O–H groups in total. The summed E-state index contributed by atoms with van der Waals surface area (Å²) in [5.74, 6) is 0. The Balaban J connectivity index is 0.000000166. The smallest absolute Gasteiger partial charge is 1.00 e. The summed E-state index contributed by atoms with van der Waals surface area (Å²) in [6.07, 6.45) is 11.4. The minimum Gasteiger partial charge on any atom is -1.00 e. The van der Waals surface area contributed by atoms with Crippen molar-refractivity contribution >= 4 is 96.1 Å². The molecule has 0 unspecified atom stereocenters. The molecule has 4 aliphatic rings. The number of benzene rings is 4. The van der Waals surface area contributed by atoms with Gasteiger partial charge in [0, 0.05) is 32.3 Å². The molecule has 0 bridgehead atoms. The molecule has 0 aromatic heterocycles. The molecule has 0 amide bonds. The van der Waals surface area contributed by atoms with Crippen LogP contribution in [-0.4, -0.2) is 32.3 Å². The number of hydrogen-bond acceptors (Lipinski definition) is 0. The molecule has 4 heterocycles. The zero-order valence-corrected chi connectivity index (χ0v) is 50.4. The topological polar surface area (TPSA) is 0 Å². The van der Waals surface area contributed by atoms with Crippen LogP contribution in [0.4, 0.5) is 0 Å². The molecule has 0 atom stereocenters. The van der Waals surface area contributed by atoms with Crippen LogP contribution in [0.25, 0.3) is 43.1 Å². The van der Waals surface area contributed by atoms with Gasteiger partial charge in [0.1, 0.15) is 0 Å². The Morgan fingerprint density at radius 3 is 0.662 bits per heavy atom. The summed E-state index contributed by atoms with van der Waals surface area (Å²) < 4.78 is 0. The standard InChI is InChI=1S/4C15H19Si.2ClH.2Ti/c4*1-2-10-16(11-5-12-16)15-9-8-13-6-3-4-7-14(13)15;;;;/h4*3-4,6-9H,2,5,10-12H2,1H3;2*1H;;/q4*-1;;;2*+2/p-2. The van der Waals surface area contributed by atoms with E-state index in [2.05, 4.69) is 173 Å². The molecule has 356 valence electrons. The zero-order valence-electron chi connectivity index (χ0n) is 41.8. The Labute approximate surface area is 457 Å². The van der Waals surface area contributed by atoms with Crippen molar-refractivity contribution in [2.45, 2.75) is 152 Å². The predicted molar refractivity (Wildman–Crippen MR) is 297 cm³/mol. The molecule has 4 fully saturated rings. The molecule has 4 aliphatic heterocycles. The molecule has 4 saturated heterocycles. The summed E-state index contributed by atoms with van der Waals surface area (Å²) in [6, 6.07) is 73.1. The molecule has 12 rings (SSSR count). The third-order valence-electron chi connectivity index (χ3n) is 17.2. The second-order valence-electron chi connectivity index (χ2n) is 20.9. The second-order valence-corrected chi connectivity index (χ2v) is 39.3. The van der Waals surface area contributed by atoms with Crippen molar-refractivity contribution in [3.8, 4) is 0 Å². The first-order valence-electron chi connectivity index (χ1n) is 26.0. The first-order chi connectivity index (χ1) is 31.4. The van der Waals surface area contributed by atoms with E-state index in [1.165, 1.54) is 145 Å². The first-order valence-corrected chi connectivity index (χ1v) is 36.5. The van der Waals surface area contributed by atoms with Crippen molar-refractivity contribution < 1.29 is 68.2 Å². The first kappa shape index (κ1) is 57.1. The number of fused-ring (bicyclic) bond motifs is 4. The predicted octanol–water partition coefficient (Wildman–Crippen LogP) is 10.1. The minimum absolute atomic E-state index is 0. The maximum atomic E-state index is 2.44. The summed E-state index contributed by atoms with van der Waals surface area (Å²) >= 11 is 0. The van der Waals surface area contributed by atoms with Crippen LogP contribution < -0.4 is 45.6 Å². The molecular weight excluding hydrogens is 1000 g/mol. The molecule has 8 heteroatoms. The summed E-state index contributed by atoms with van der Waals surface area (Å²) in [4.78, 5) is 0. The van der Waals surface area contributed by atoms with Gasteiger partial charge in [-0.25, -0.2) is 0 Å². The van der Waals surface area contributed by atoms with Gasteiger partial charge in [0.05, 0.1) is 0 Å². The third kappa shape index (κ3) is 11.4. The van der Waals surface area contributed by atoms with Gasteiger partial charge in [0.15, 0.2) is 0 Å². The number of halogens is 2. The maximum absolute atomic E-state index is 2.44. The molecule has 8 aromatic rings. The summed E-state index contributed by atoms with van der Waals surface area (Å²) in [5.41, 5.74) is 0.